The third-order valence-electron chi connectivity index (χ3n) is 4.81. The van der Waals surface area contributed by atoms with Crippen molar-refractivity contribution < 1.29 is 17.6 Å². The second-order valence-corrected chi connectivity index (χ2v) is 6.88. The topological polar surface area (TPSA) is 29.9 Å². The summed E-state index contributed by atoms with van der Waals surface area (Å²) in [6, 6.07) is 15.9. The van der Waals surface area contributed by atoms with Crippen molar-refractivity contribution in [3.05, 3.63) is 77.6 Å². The van der Waals surface area contributed by atoms with Crippen LogP contribution in [0.25, 0.3) is 22.2 Å². The van der Waals surface area contributed by atoms with Gasteiger partial charge in [0.25, 0.3) is 0 Å². The number of fused-ring (bicyclic) bond motifs is 1. The molecule has 0 aliphatic rings. The molecular formula is C22H17F4N3. The molecule has 0 atom stereocenters. The number of anilines is 2. The van der Waals surface area contributed by atoms with Crippen LogP contribution in [0.15, 0.2) is 60.7 Å². The smallest absolute Gasteiger partial charge is 0.323 e. The Morgan fingerprint density at radius 1 is 0.897 bits per heavy atom. The van der Waals surface area contributed by atoms with Crippen molar-refractivity contribution in [2.45, 2.75) is 13.1 Å². The lowest BCUT2D eigenvalue weighted by atomic mass is 10.0. The van der Waals surface area contributed by atoms with Crippen molar-refractivity contribution in [1.82, 2.24) is 9.55 Å². The van der Waals surface area contributed by atoms with Gasteiger partial charge >= 0.3 is 6.18 Å². The van der Waals surface area contributed by atoms with Gasteiger partial charge in [0.2, 0.25) is 5.95 Å². The number of nitrogens with zero attached hydrogens (tertiary/aromatic N) is 2. The first-order valence-electron chi connectivity index (χ1n) is 8.90. The molecule has 148 valence electrons. The zero-order valence-electron chi connectivity index (χ0n) is 15.7. The molecule has 7 heteroatoms. The molecular weight excluding hydrogens is 382 g/mol. The molecule has 1 aromatic heterocycles. The lowest BCUT2D eigenvalue weighted by Crippen LogP contribution is -2.04. The van der Waals surface area contributed by atoms with E-state index in [1.165, 1.54) is 12.1 Å². The maximum absolute atomic E-state index is 14.7. The van der Waals surface area contributed by atoms with Gasteiger partial charge in [-0.1, -0.05) is 35.9 Å². The van der Waals surface area contributed by atoms with E-state index in [-0.39, 0.29) is 17.2 Å². The van der Waals surface area contributed by atoms with E-state index < -0.39 is 17.6 Å². The first-order chi connectivity index (χ1) is 13.7. The van der Waals surface area contributed by atoms with Gasteiger partial charge in [-0.15, -0.1) is 0 Å². The Bertz CT molecular complexity index is 1190. The van der Waals surface area contributed by atoms with Gasteiger partial charge in [0.15, 0.2) is 0 Å². The fraction of sp³-hybridized carbons (Fsp3) is 0.136. The monoisotopic (exact) mass is 399 g/mol. The summed E-state index contributed by atoms with van der Waals surface area (Å²) < 4.78 is 55.0. The summed E-state index contributed by atoms with van der Waals surface area (Å²) in [4.78, 5) is 4.20. The molecule has 1 heterocycles. The van der Waals surface area contributed by atoms with E-state index >= 15 is 0 Å². The van der Waals surface area contributed by atoms with Crippen LogP contribution in [0.3, 0.4) is 0 Å². The Balaban J connectivity index is 1.66. The average molecular weight is 399 g/mol. The SMILES string of the molecule is Cc1ccc(-c2ccc(Nc3nc4cc(C(F)(F)F)ccc4n3C)c(F)c2)cc1. The van der Waals surface area contributed by atoms with E-state index in [9.17, 15) is 17.6 Å². The van der Waals surface area contributed by atoms with E-state index in [0.29, 0.717) is 5.52 Å². The first-order valence-corrected chi connectivity index (χ1v) is 8.90. The minimum absolute atomic E-state index is 0.182. The molecule has 1 N–H and O–H groups in total. The summed E-state index contributed by atoms with van der Waals surface area (Å²) in [5, 5.41) is 2.87. The highest BCUT2D eigenvalue weighted by Gasteiger charge is 2.31. The molecule has 0 spiro atoms. The second-order valence-electron chi connectivity index (χ2n) is 6.88. The third kappa shape index (κ3) is 3.68. The number of hydrogen-bond acceptors (Lipinski definition) is 2. The molecule has 3 nitrogen and oxygen atoms in total. The summed E-state index contributed by atoms with van der Waals surface area (Å²) >= 11 is 0. The Morgan fingerprint density at radius 3 is 2.24 bits per heavy atom. The van der Waals surface area contributed by atoms with Crippen LogP contribution in [-0.4, -0.2) is 9.55 Å². The van der Waals surface area contributed by atoms with Gasteiger partial charge in [-0.05, 0) is 48.4 Å². The Labute approximate surface area is 164 Å². The van der Waals surface area contributed by atoms with Crippen molar-refractivity contribution in [3.63, 3.8) is 0 Å². The quantitative estimate of drug-likeness (QED) is 0.401. The number of hydrogen-bond donors (Lipinski definition) is 1. The van der Waals surface area contributed by atoms with E-state index in [1.54, 1.807) is 23.7 Å². The number of imidazole rings is 1. The van der Waals surface area contributed by atoms with Crippen LogP contribution in [-0.2, 0) is 13.2 Å². The van der Waals surface area contributed by atoms with Crippen LogP contribution in [0.5, 0.6) is 0 Å². The molecule has 0 saturated heterocycles. The molecule has 29 heavy (non-hydrogen) atoms. The highest BCUT2D eigenvalue weighted by Crippen LogP contribution is 2.33. The molecule has 0 aliphatic carbocycles. The normalized spacial score (nSPS) is 11.8. The molecule has 0 radical (unpaired) electrons. The molecule has 3 aromatic carbocycles. The van der Waals surface area contributed by atoms with Crippen LogP contribution in [0.4, 0.5) is 29.2 Å². The van der Waals surface area contributed by atoms with Gasteiger partial charge in [0.1, 0.15) is 5.82 Å². The van der Waals surface area contributed by atoms with Gasteiger partial charge in [0, 0.05) is 7.05 Å². The number of aromatic nitrogens is 2. The number of aryl methyl sites for hydroxylation is 2. The maximum Gasteiger partial charge on any atom is 0.416 e. The number of rotatable bonds is 3. The van der Waals surface area contributed by atoms with Crippen molar-refractivity contribution in [2.75, 3.05) is 5.32 Å². The van der Waals surface area contributed by atoms with Gasteiger partial charge in [-0.25, -0.2) is 9.37 Å². The maximum atomic E-state index is 14.7. The van der Waals surface area contributed by atoms with E-state index in [0.717, 1.165) is 28.8 Å². The lowest BCUT2D eigenvalue weighted by molar-refractivity contribution is -0.137. The van der Waals surface area contributed by atoms with Crippen LogP contribution in [0, 0.1) is 12.7 Å². The number of halogens is 4. The molecule has 4 rings (SSSR count). The molecule has 0 saturated carbocycles. The molecule has 0 amide bonds. The van der Waals surface area contributed by atoms with Crippen LogP contribution >= 0.6 is 0 Å². The van der Waals surface area contributed by atoms with Crippen LogP contribution < -0.4 is 5.32 Å². The second kappa shape index (κ2) is 6.92. The number of alkyl halides is 3. The Hall–Kier alpha value is -3.35. The largest absolute Gasteiger partial charge is 0.416 e. The minimum atomic E-state index is -4.45. The van der Waals surface area contributed by atoms with Gasteiger partial charge in [-0.3, -0.25) is 0 Å². The summed E-state index contributed by atoms with van der Waals surface area (Å²) in [5.41, 5.74) is 2.84. The highest BCUT2D eigenvalue weighted by molar-refractivity contribution is 5.80. The summed E-state index contributed by atoms with van der Waals surface area (Å²) in [6.45, 7) is 1.98. The van der Waals surface area contributed by atoms with E-state index in [1.807, 2.05) is 31.2 Å². The standard InChI is InChI=1S/C22H17F4N3/c1-13-3-5-14(6-4-13)15-7-9-18(17(23)11-15)27-21-28-19-12-16(22(24,25)26)8-10-20(19)29(21)2/h3-12H,1-2H3,(H,27,28). The predicted molar refractivity (Wildman–Crippen MR) is 106 cm³/mol. The van der Waals surface area contributed by atoms with Crippen molar-refractivity contribution in [3.8, 4) is 11.1 Å². The zero-order chi connectivity index (χ0) is 20.8. The van der Waals surface area contributed by atoms with Crippen molar-refractivity contribution in [2.24, 2.45) is 7.05 Å². The molecule has 0 fully saturated rings. The number of nitrogens with one attached hydrogen (secondary N) is 1. The highest BCUT2D eigenvalue weighted by atomic mass is 19.4. The Kier molecular flexibility index (Phi) is 4.53. The summed E-state index contributed by atoms with van der Waals surface area (Å²) in [5.74, 6) is -0.229. The van der Waals surface area contributed by atoms with Crippen molar-refractivity contribution in [1.29, 1.82) is 0 Å². The molecule has 0 bridgehead atoms. The van der Waals surface area contributed by atoms with Crippen molar-refractivity contribution >= 4 is 22.7 Å². The van der Waals surface area contributed by atoms with Gasteiger partial charge in [-0.2, -0.15) is 13.2 Å². The summed E-state index contributed by atoms with van der Waals surface area (Å²) in [6.07, 6.45) is -4.45. The molecule has 4 aromatic rings. The van der Waals surface area contributed by atoms with Gasteiger partial charge in [0.05, 0.1) is 22.3 Å². The molecule has 0 aliphatic heterocycles. The average Bonchev–Trinajstić information content (AvgIpc) is 2.98. The predicted octanol–water partition coefficient (Wildman–Crippen LogP) is 6.45. The lowest BCUT2D eigenvalue weighted by Gasteiger charge is -2.09. The van der Waals surface area contributed by atoms with E-state index in [2.05, 4.69) is 10.3 Å². The van der Waals surface area contributed by atoms with Crippen LogP contribution in [0.1, 0.15) is 11.1 Å². The van der Waals surface area contributed by atoms with E-state index in [4.69, 9.17) is 0 Å². The third-order valence-corrected chi connectivity index (χ3v) is 4.81. The van der Waals surface area contributed by atoms with Gasteiger partial charge < -0.3 is 9.88 Å². The van der Waals surface area contributed by atoms with Crippen LogP contribution in [0.2, 0.25) is 0 Å². The fourth-order valence-corrected chi connectivity index (χ4v) is 3.15. The zero-order valence-corrected chi connectivity index (χ0v) is 15.7. The summed E-state index contributed by atoms with van der Waals surface area (Å²) in [7, 11) is 1.66. The minimum Gasteiger partial charge on any atom is -0.323 e. The fourth-order valence-electron chi connectivity index (χ4n) is 3.15. The Morgan fingerprint density at radius 2 is 1.59 bits per heavy atom. The number of benzene rings is 3. The molecule has 0 unspecified atom stereocenters. The first kappa shape index (κ1) is 19.0.